The lowest BCUT2D eigenvalue weighted by Gasteiger charge is -2.02. The predicted molar refractivity (Wildman–Crippen MR) is 67.4 cm³/mol. The molecule has 0 aliphatic heterocycles. The number of aryl methyl sites for hydroxylation is 1. The van der Waals surface area contributed by atoms with Crippen LogP contribution in [0.1, 0.15) is 24.8 Å². The average molecular weight is 249 g/mol. The molecule has 0 aliphatic carbocycles. The number of hydrogen-bond acceptors (Lipinski definition) is 3. The summed E-state index contributed by atoms with van der Waals surface area (Å²) in [4.78, 5) is 20.5. The van der Waals surface area contributed by atoms with Crippen molar-refractivity contribution in [3.05, 3.63) is 52.1 Å². The van der Waals surface area contributed by atoms with Gasteiger partial charge < -0.3 is 5.11 Å². The van der Waals surface area contributed by atoms with Crippen LogP contribution in [0.5, 0.6) is 0 Å². The Bertz CT molecular complexity index is 451. The van der Waals surface area contributed by atoms with E-state index in [9.17, 15) is 14.9 Å². The van der Waals surface area contributed by atoms with E-state index >= 15 is 0 Å². The lowest BCUT2D eigenvalue weighted by atomic mass is 10.0. The Balaban J connectivity index is 2.34. The van der Waals surface area contributed by atoms with Gasteiger partial charge in [0.2, 0.25) is 0 Å². The molecule has 18 heavy (non-hydrogen) atoms. The van der Waals surface area contributed by atoms with Crippen molar-refractivity contribution in [2.75, 3.05) is 0 Å². The van der Waals surface area contributed by atoms with Crippen LogP contribution < -0.4 is 0 Å². The summed E-state index contributed by atoms with van der Waals surface area (Å²) in [7, 11) is 0. The van der Waals surface area contributed by atoms with Gasteiger partial charge in [-0.2, -0.15) is 0 Å². The number of carbonyl (C=O) groups is 1. The number of nitro benzene ring substituents is 1. The van der Waals surface area contributed by atoms with Crippen LogP contribution in [0.25, 0.3) is 0 Å². The molecule has 0 bridgehead atoms. The van der Waals surface area contributed by atoms with Gasteiger partial charge in [0.1, 0.15) is 0 Å². The first-order valence-electron chi connectivity index (χ1n) is 5.65. The quantitative estimate of drug-likeness (QED) is 0.348. The van der Waals surface area contributed by atoms with Gasteiger partial charge in [0.05, 0.1) is 4.92 Å². The van der Waals surface area contributed by atoms with Crippen LogP contribution in [0.2, 0.25) is 0 Å². The normalized spacial score (nSPS) is 10.0. The zero-order valence-electron chi connectivity index (χ0n) is 9.96. The molecule has 0 heterocycles. The smallest absolute Gasteiger partial charge is 0.330 e. The minimum atomic E-state index is -0.953. The number of unbranched alkanes of at least 4 members (excludes halogenated alkanes) is 1. The second-order valence-electron chi connectivity index (χ2n) is 4.04. The molecule has 0 aliphatic rings. The molecule has 0 atom stereocenters. The fourth-order valence-electron chi connectivity index (χ4n) is 1.56. The Morgan fingerprint density at radius 2 is 1.89 bits per heavy atom. The molecular weight excluding hydrogens is 234 g/mol. The maximum Gasteiger partial charge on any atom is 0.330 e. The van der Waals surface area contributed by atoms with E-state index in [1.54, 1.807) is 12.1 Å². The van der Waals surface area contributed by atoms with Gasteiger partial charge in [0.25, 0.3) is 5.69 Å². The van der Waals surface area contributed by atoms with Crippen molar-refractivity contribution in [3.63, 3.8) is 0 Å². The Morgan fingerprint density at radius 3 is 2.39 bits per heavy atom. The number of non-ortho nitro benzene ring substituents is 1. The summed E-state index contributed by atoms with van der Waals surface area (Å²) in [6, 6.07) is 6.41. The molecule has 0 unspecified atom stereocenters. The van der Waals surface area contributed by atoms with Crippen LogP contribution in [0.3, 0.4) is 0 Å². The summed E-state index contributed by atoms with van der Waals surface area (Å²) in [6.45, 7) is 3.46. The first kappa shape index (κ1) is 13.9. The lowest BCUT2D eigenvalue weighted by Crippen LogP contribution is -1.98. The Morgan fingerprint density at radius 1 is 1.28 bits per heavy atom. The van der Waals surface area contributed by atoms with Crippen LogP contribution in [0.15, 0.2) is 36.4 Å². The molecule has 0 fully saturated rings. The second kappa shape index (κ2) is 6.54. The number of nitrogens with zero attached hydrogens (tertiary/aromatic N) is 1. The van der Waals surface area contributed by atoms with E-state index in [0.29, 0.717) is 6.42 Å². The average Bonchev–Trinajstić information content (AvgIpc) is 2.34. The second-order valence-corrected chi connectivity index (χ2v) is 4.04. The standard InChI is InChI=1S/C13H15NO4/c1-10(13(15)16)4-2-3-5-11-6-8-12(9-7-11)14(17)18/h6-9H,1-5H2,(H,15,16). The van der Waals surface area contributed by atoms with E-state index in [-0.39, 0.29) is 11.3 Å². The molecule has 1 aromatic carbocycles. The molecule has 0 radical (unpaired) electrons. The summed E-state index contributed by atoms with van der Waals surface area (Å²) in [5.74, 6) is -0.953. The van der Waals surface area contributed by atoms with Crippen LogP contribution >= 0.6 is 0 Å². The highest BCUT2D eigenvalue weighted by Gasteiger charge is 2.05. The van der Waals surface area contributed by atoms with Gasteiger partial charge >= 0.3 is 5.97 Å². The molecule has 5 nitrogen and oxygen atoms in total. The lowest BCUT2D eigenvalue weighted by molar-refractivity contribution is -0.384. The van der Waals surface area contributed by atoms with Crippen molar-refractivity contribution in [2.45, 2.75) is 25.7 Å². The number of nitro groups is 1. The molecule has 1 N–H and O–H groups in total. The van der Waals surface area contributed by atoms with Crippen LogP contribution in [0, 0.1) is 10.1 Å². The van der Waals surface area contributed by atoms with Crippen molar-refractivity contribution in [1.29, 1.82) is 0 Å². The van der Waals surface area contributed by atoms with Gasteiger partial charge in [0.15, 0.2) is 0 Å². The van der Waals surface area contributed by atoms with Gasteiger partial charge in [-0.1, -0.05) is 18.7 Å². The van der Waals surface area contributed by atoms with Crippen molar-refractivity contribution >= 4 is 11.7 Å². The molecule has 5 heteroatoms. The number of rotatable bonds is 7. The van der Waals surface area contributed by atoms with Gasteiger partial charge in [-0.25, -0.2) is 4.79 Å². The van der Waals surface area contributed by atoms with Gasteiger partial charge in [0, 0.05) is 17.7 Å². The fourth-order valence-corrected chi connectivity index (χ4v) is 1.56. The van der Waals surface area contributed by atoms with E-state index < -0.39 is 10.9 Å². The van der Waals surface area contributed by atoms with E-state index in [0.717, 1.165) is 24.8 Å². The molecule has 1 rings (SSSR count). The number of aliphatic carboxylic acids is 1. The number of hydrogen-bond donors (Lipinski definition) is 1. The van der Waals surface area contributed by atoms with Crippen molar-refractivity contribution in [2.24, 2.45) is 0 Å². The highest BCUT2D eigenvalue weighted by Crippen LogP contribution is 2.14. The minimum Gasteiger partial charge on any atom is -0.478 e. The van der Waals surface area contributed by atoms with Crippen molar-refractivity contribution < 1.29 is 14.8 Å². The zero-order valence-corrected chi connectivity index (χ0v) is 9.96. The maximum absolute atomic E-state index is 10.5. The van der Waals surface area contributed by atoms with Crippen LogP contribution in [-0.2, 0) is 11.2 Å². The zero-order chi connectivity index (χ0) is 13.5. The summed E-state index contributed by atoms with van der Waals surface area (Å²) in [6.07, 6.45) is 2.85. The monoisotopic (exact) mass is 249 g/mol. The Hall–Kier alpha value is -2.17. The molecule has 1 aromatic rings. The largest absolute Gasteiger partial charge is 0.478 e. The van der Waals surface area contributed by atoms with E-state index in [2.05, 4.69) is 6.58 Å². The minimum absolute atomic E-state index is 0.0815. The summed E-state index contributed by atoms with van der Waals surface area (Å²) in [5, 5.41) is 19.1. The first-order valence-corrected chi connectivity index (χ1v) is 5.65. The predicted octanol–water partition coefficient (Wildman–Crippen LogP) is 2.95. The molecular formula is C13H15NO4. The summed E-state index contributed by atoms with van der Waals surface area (Å²) < 4.78 is 0. The third-order valence-electron chi connectivity index (χ3n) is 2.64. The third kappa shape index (κ3) is 4.37. The van der Waals surface area contributed by atoms with Gasteiger partial charge in [-0.05, 0) is 31.2 Å². The van der Waals surface area contributed by atoms with Gasteiger partial charge in [-0.15, -0.1) is 0 Å². The third-order valence-corrected chi connectivity index (χ3v) is 2.64. The van der Waals surface area contributed by atoms with E-state index in [4.69, 9.17) is 5.11 Å². The Labute approximate surface area is 105 Å². The molecule has 0 aromatic heterocycles. The Kier molecular flexibility index (Phi) is 5.05. The first-order chi connectivity index (χ1) is 8.50. The molecule has 96 valence electrons. The van der Waals surface area contributed by atoms with Crippen molar-refractivity contribution in [1.82, 2.24) is 0 Å². The molecule has 0 saturated carbocycles. The van der Waals surface area contributed by atoms with Crippen LogP contribution in [0.4, 0.5) is 5.69 Å². The van der Waals surface area contributed by atoms with Crippen LogP contribution in [-0.4, -0.2) is 16.0 Å². The summed E-state index contributed by atoms with van der Waals surface area (Å²) in [5.41, 5.74) is 1.32. The molecule has 0 amide bonds. The highest BCUT2D eigenvalue weighted by atomic mass is 16.6. The maximum atomic E-state index is 10.5. The van der Waals surface area contributed by atoms with E-state index in [1.165, 1.54) is 12.1 Å². The number of carboxylic acids is 1. The fraction of sp³-hybridized carbons (Fsp3) is 0.308. The number of carboxylic acid groups (broad SMARTS) is 1. The highest BCUT2D eigenvalue weighted by molar-refractivity contribution is 5.85. The topological polar surface area (TPSA) is 80.4 Å². The van der Waals surface area contributed by atoms with Crippen molar-refractivity contribution in [3.8, 4) is 0 Å². The SMILES string of the molecule is C=C(CCCCc1ccc([N+](=O)[O-])cc1)C(=O)O. The van der Waals surface area contributed by atoms with E-state index in [1.807, 2.05) is 0 Å². The molecule has 0 saturated heterocycles. The number of benzene rings is 1. The summed E-state index contributed by atoms with van der Waals surface area (Å²) >= 11 is 0. The molecule has 0 spiro atoms. The van der Waals surface area contributed by atoms with Gasteiger partial charge in [-0.3, -0.25) is 10.1 Å².